The number of ether oxygens (including phenoxy) is 1. The third-order valence-electron chi connectivity index (χ3n) is 3.34. The van der Waals surface area contributed by atoms with Gasteiger partial charge in [0.2, 0.25) is 0 Å². The van der Waals surface area contributed by atoms with Crippen molar-refractivity contribution in [2.75, 3.05) is 24.7 Å². The number of nitrogens with zero attached hydrogens (tertiary/aromatic N) is 1. The van der Waals surface area contributed by atoms with Crippen LogP contribution in [0.3, 0.4) is 0 Å². The van der Waals surface area contributed by atoms with E-state index in [1.165, 1.54) is 4.90 Å². The predicted molar refractivity (Wildman–Crippen MR) is 60.4 cm³/mol. The number of carbonyl (C=O) groups is 1. The van der Waals surface area contributed by atoms with Crippen LogP contribution in [0.15, 0.2) is 0 Å². The molecule has 1 amide bonds. The van der Waals surface area contributed by atoms with Crippen molar-refractivity contribution in [3.8, 4) is 0 Å². The minimum absolute atomic E-state index is 0.00604. The largest absolute Gasteiger partial charge is 0.449 e. The second-order valence-corrected chi connectivity index (χ2v) is 6.76. The lowest BCUT2D eigenvalue weighted by Gasteiger charge is -2.38. The molecule has 2 rings (SSSR count). The minimum atomic E-state index is -3.02. The van der Waals surface area contributed by atoms with Crippen LogP contribution in [-0.2, 0) is 14.6 Å². The van der Waals surface area contributed by atoms with Crippen molar-refractivity contribution in [1.29, 1.82) is 0 Å². The molecular weight excluding hydrogens is 246 g/mol. The summed E-state index contributed by atoms with van der Waals surface area (Å²) in [5, 5.41) is 8.97. The second kappa shape index (κ2) is 4.81. The molecule has 2 fully saturated rings. The molecule has 2 atom stereocenters. The summed E-state index contributed by atoms with van der Waals surface area (Å²) in [6.45, 7) is 0.341. The summed E-state index contributed by atoms with van der Waals surface area (Å²) in [5.74, 6) is 0.150. The lowest BCUT2D eigenvalue weighted by molar-refractivity contribution is 0.0214. The molecule has 2 heterocycles. The topological polar surface area (TPSA) is 83.9 Å². The third-order valence-corrected chi connectivity index (χ3v) is 5.10. The van der Waals surface area contributed by atoms with Gasteiger partial charge in [-0.15, -0.1) is 0 Å². The number of sulfone groups is 1. The van der Waals surface area contributed by atoms with Crippen molar-refractivity contribution >= 4 is 15.9 Å². The number of aliphatic hydroxyl groups is 1. The first-order chi connectivity index (χ1) is 8.03. The van der Waals surface area contributed by atoms with Gasteiger partial charge in [-0.25, -0.2) is 13.2 Å². The van der Waals surface area contributed by atoms with Gasteiger partial charge in [0.25, 0.3) is 0 Å². The average molecular weight is 263 g/mol. The first kappa shape index (κ1) is 12.6. The fourth-order valence-electron chi connectivity index (χ4n) is 2.52. The fourth-order valence-corrected chi connectivity index (χ4v) is 4.23. The molecule has 0 aromatic heterocycles. The molecule has 0 aliphatic carbocycles. The molecule has 2 unspecified atom stereocenters. The molecule has 17 heavy (non-hydrogen) atoms. The zero-order valence-corrected chi connectivity index (χ0v) is 10.4. The number of cyclic esters (lactones) is 1. The predicted octanol–water partition coefficient (Wildman–Crippen LogP) is -0.233. The van der Waals surface area contributed by atoms with Crippen molar-refractivity contribution in [3.05, 3.63) is 0 Å². The van der Waals surface area contributed by atoms with Crippen LogP contribution in [0, 0.1) is 0 Å². The lowest BCUT2D eigenvalue weighted by atomic mass is 10.1. The van der Waals surface area contributed by atoms with Gasteiger partial charge in [0, 0.05) is 19.1 Å². The second-order valence-electron chi connectivity index (χ2n) is 4.53. The van der Waals surface area contributed by atoms with Crippen LogP contribution in [0.25, 0.3) is 0 Å². The highest BCUT2D eigenvalue weighted by molar-refractivity contribution is 7.91. The Bertz CT molecular complexity index is 392. The highest BCUT2D eigenvalue weighted by Crippen LogP contribution is 2.26. The summed E-state index contributed by atoms with van der Waals surface area (Å²) in [6, 6.07) is -0.385. The highest BCUT2D eigenvalue weighted by atomic mass is 32.2. The Balaban J connectivity index is 2.12. The molecule has 7 heteroatoms. The molecular formula is C10H17NO5S. The zero-order valence-electron chi connectivity index (χ0n) is 9.54. The Kier molecular flexibility index (Phi) is 3.58. The van der Waals surface area contributed by atoms with Crippen molar-refractivity contribution in [3.63, 3.8) is 0 Å². The van der Waals surface area contributed by atoms with E-state index in [0.717, 1.165) is 0 Å². The Labute approximate surface area is 100 Å². The Morgan fingerprint density at radius 2 is 2.18 bits per heavy atom. The smallest absolute Gasteiger partial charge is 0.410 e. The maximum atomic E-state index is 11.7. The molecule has 0 radical (unpaired) electrons. The normalized spacial score (nSPS) is 32.5. The van der Waals surface area contributed by atoms with E-state index in [-0.39, 0.29) is 30.2 Å². The summed E-state index contributed by atoms with van der Waals surface area (Å²) in [4.78, 5) is 13.2. The van der Waals surface area contributed by atoms with Crippen LogP contribution in [0.4, 0.5) is 4.79 Å². The molecule has 1 N–H and O–H groups in total. The summed E-state index contributed by atoms with van der Waals surface area (Å²) in [7, 11) is -3.02. The van der Waals surface area contributed by atoms with Crippen molar-refractivity contribution in [1.82, 2.24) is 4.90 Å². The third kappa shape index (κ3) is 2.71. The number of rotatable bonds is 3. The zero-order chi connectivity index (χ0) is 12.5. The molecule has 0 aromatic rings. The summed E-state index contributed by atoms with van der Waals surface area (Å²) in [5.41, 5.74) is 0. The lowest BCUT2D eigenvalue weighted by Crippen LogP contribution is -2.52. The molecule has 2 saturated heterocycles. The molecule has 0 bridgehead atoms. The Morgan fingerprint density at radius 3 is 2.76 bits per heavy atom. The van der Waals surface area contributed by atoms with Gasteiger partial charge in [0.15, 0.2) is 9.84 Å². The molecule has 2 aliphatic rings. The van der Waals surface area contributed by atoms with Gasteiger partial charge in [-0.2, -0.15) is 0 Å². The number of hydrogen-bond donors (Lipinski definition) is 1. The SMILES string of the molecule is O=C1OCCC(CCO)N1C1CCS(=O)(=O)C1. The van der Waals surface area contributed by atoms with Crippen molar-refractivity contribution in [2.24, 2.45) is 0 Å². The Morgan fingerprint density at radius 1 is 1.41 bits per heavy atom. The average Bonchev–Trinajstić information content (AvgIpc) is 2.59. The van der Waals surface area contributed by atoms with Gasteiger partial charge >= 0.3 is 6.09 Å². The van der Waals surface area contributed by atoms with Gasteiger partial charge in [0.1, 0.15) is 0 Å². The number of aliphatic hydroxyl groups excluding tert-OH is 1. The van der Waals surface area contributed by atoms with Gasteiger partial charge in [0.05, 0.1) is 24.2 Å². The summed E-state index contributed by atoms with van der Waals surface area (Å²) in [6.07, 6.45) is 1.16. The van der Waals surface area contributed by atoms with E-state index in [0.29, 0.717) is 25.9 Å². The fraction of sp³-hybridized carbons (Fsp3) is 0.900. The van der Waals surface area contributed by atoms with Crippen LogP contribution in [-0.4, -0.2) is 61.3 Å². The van der Waals surface area contributed by atoms with Gasteiger partial charge in [-0.05, 0) is 12.8 Å². The van der Waals surface area contributed by atoms with E-state index in [2.05, 4.69) is 0 Å². The molecule has 2 aliphatic heterocycles. The molecule has 0 saturated carbocycles. The molecule has 0 aromatic carbocycles. The number of carbonyl (C=O) groups excluding carboxylic acids is 1. The van der Waals surface area contributed by atoms with E-state index in [1.807, 2.05) is 0 Å². The standard InChI is InChI=1S/C10H17NO5S/c12-4-1-8-2-5-16-10(13)11(8)9-3-6-17(14,15)7-9/h8-9,12H,1-7H2. The van der Waals surface area contributed by atoms with Crippen LogP contribution in [0.2, 0.25) is 0 Å². The summed E-state index contributed by atoms with van der Waals surface area (Å²) < 4.78 is 27.8. The first-order valence-electron chi connectivity index (χ1n) is 5.80. The van der Waals surface area contributed by atoms with Crippen LogP contribution >= 0.6 is 0 Å². The minimum Gasteiger partial charge on any atom is -0.449 e. The quantitative estimate of drug-likeness (QED) is 0.760. The van der Waals surface area contributed by atoms with E-state index in [4.69, 9.17) is 9.84 Å². The maximum absolute atomic E-state index is 11.7. The van der Waals surface area contributed by atoms with Crippen LogP contribution < -0.4 is 0 Å². The highest BCUT2D eigenvalue weighted by Gasteiger charge is 2.40. The number of hydrogen-bond acceptors (Lipinski definition) is 5. The number of amides is 1. The van der Waals surface area contributed by atoms with Gasteiger partial charge in [-0.1, -0.05) is 0 Å². The van der Waals surface area contributed by atoms with E-state index < -0.39 is 15.9 Å². The van der Waals surface area contributed by atoms with E-state index in [1.54, 1.807) is 0 Å². The summed E-state index contributed by atoms with van der Waals surface area (Å²) >= 11 is 0. The van der Waals surface area contributed by atoms with Gasteiger partial charge < -0.3 is 14.7 Å². The van der Waals surface area contributed by atoms with Crippen molar-refractivity contribution in [2.45, 2.75) is 31.3 Å². The maximum Gasteiger partial charge on any atom is 0.410 e. The molecule has 0 spiro atoms. The monoisotopic (exact) mass is 263 g/mol. The van der Waals surface area contributed by atoms with E-state index in [9.17, 15) is 13.2 Å². The van der Waals surface area contributed by atoms with Gasteiger partial charge in [-0.3, -0.25) is 0 Å². The van der Waals surface area contributed by atoms with E-state index >= 15 is 0 Å². The van der Waals surface area contributed by atoms with Crippen LogP contribution in [0.5, 0.6) is 0 Å². The molecule has 98 valence electrons. The Hall–Kier alpha value is -0.820. The first-order valence-corrected chi connectivity index (χ1v) is 7.62. The molecule has 6 nitrogen and oxygen atoms in total. The van der Waals surface area contributed by atoms with Crippen molar-refractivity contribution < 1.29 is 23.1 Å². The van der Waals surface area contributed by atoms with Crippen LogP contribution in [0.1, 0.15) is 19.3 Å².